The van der Waals surface area contributed by atoms with Crippen molar-refractivity contribution in [1.82, 2.24) is 0 Å². The molecule has 1 aromatic carbocycles. The van der Waals surface area contributed by atoms with Crippen LogP contribution in [0.25, 0.3) is 0 Å². The summed E-state index contributed by atoms with van der Waals surface area (Å²) in [6.07, 6.45) is 0. The van der Waals surface area contributed by atoms with Gasteiger partial charge in [0.25, 0.3) is 0 Å². The van der Waals surface area contributed by atoms with Gasteiger partial charge in [0.05, 0.1) is 6.54 Å². The van der Waals surface area contributed by atoms with Crippen LogP contribution < -0.4 is 10.1 Å². The van der Waals surface area contributed by atoms with Gasteiger partial charge in [-0.2, -0.15) is 8.78 Å². The molecule has 1 aliphatic rings. The number of ether oxygens (including phenoxy) is 1. The molecule has 0 amide bonds. The quantitative estimate of drug-likeness (QED) is 0.913. The largest absolute Gasteiger partial charge is 0.435 e. The molecule has 2 rings (SSSR count). The summed E-state index contributed by atoms with van der Waals surface area (Å²) in [5, 5.41) is 4.56. The Hall–Kier alpha value is -1.30. The predicted octanol–water partition coefficient (Wildman–Crippen LogP) is 3.83. The van der Waals surface area contributed by atoms with Gasteiger partial charge in [-0.3, -0.25) is 4.99 Å². The Balaban J connectivity index is 1.90. The van der Waals surface area contributed by atoms with Crippen molar-refractivity contribution in [2.45, 2.75) is 25.7 Å². The normalized spacial score (nSPS) is 18.8. The first-order valence-electron chi connectivity index (χ1n) is 6.07. The van der Waals surface area contributed by atoms with Crippen LogP contribution in [0.1, 0.15) is 13.8 Å². The first-order chi connectivity index (χ1) is 9.04. The lowest BCUT2D eigenvalue weighted by Crippen LogP contribution is -2.13. The number of amidine groups is 1. The maximum absolute atomic E-state index is 12.0. The summed E-state index contributed by atoms with van der Waals surface area (Å²) in [6, 6.07) is 6.41. The molecule has 1 aromatic rings. The third-order valence-corrected chi connectivity index (χ3v) is 4.20. The molecule has 104 valence electrons. The molecule has 6 heteroatoms. The van der Waals surface area contributed by atoms with E-state index in [0.717, 1.165) is 17.4 Å². The summed E-state index contributed by atoms with van der Waals surface area (Å²) in [5.74, 6) is 0.733. The fraction of sp³-hybridized carbons (Fsp3) is 0.462. The first-order valence-corrected chi connectivity index (χ1v) is 6.95. The highest BCUT2D eigenvalue weighted by Gasteiger charge is 2.22. The van der Waals surface area contributed by atoms with Gasteiger partial charge in [0.1, 0.15) is 5.75 Å². The average Bonchev–Trinajstić information content (AvgIpc) is 2.80. The van der Waals surface area contributed by atoms with E-state index in [2.05, 4.69) is 28.9 Å². The summed E-state index contributed by atoms with van der Waals surface area (Å²) in [7, 11) is 0. The summed E-state index contributed by atoms with van der Waals surface area (Å²) < 4.78 is 28.3. The van der Waals surface area contributed by atoms with E-state index < -0.39 is 6.61 Å². The lowest BCUT2D eigenvalue weighted by Gasteiger charge is -2.12. The zero-order valence-corrected chi connectivity index (χ0v) is 11.6. The minimum Gasteiger partial charge on any atom is -0.435 e. The average molecular weight is 286 g/mol. The Morgan fingerprint density at radius 3 is 2.53 bits per heavy atom. The van der Waals surface area contributed by atoms with Crippen LogP contribution in [0.15, 0.2) is 29.3 Å². The molecular weight excluding hydrogens is 270 g/mol. The lowest BCUT2D eigenvalue weighted by molar-refractivity contribution is -0.0498. The topological polar surface area (TPSA) is 33.6 Å². The van der Waals surface area contributed by atoms with E-state index in [1.807, 2.05) is 0 Å². The van der Waals surface area contributed by atoms with Crippen LogP contribution in [0, 0.1) is 5.92 Å². The van der Waals surface area contributed by atoms with Crippen LogP contribution >= 0.6 is 11.8 Å². The van der Waals surface area contributed by atoms with Crippen molar-refractivity contribution in [2.75, 3.05) is 11.9 Å². The highest BCUT2D eigenvalue weighted by molar-refractivity contribution is 8.15. The van der Waals surface area contributed by atoms with Crippen molar-refractivity contribution in [1.29, 1.82) is 0 Å². The summed E-state index contributed by atoms with van der Waals surface area (Å²) >= 11 is 1.72. The number of benzene rings is 1. The lowest BCUT2D eigenvalue weighted by atomic mass is 10.1. The monoisotopic (exact) mass is 286 g/mol. The van der Waals surface area contributed by atoms with Gasteiger partial charge >= 0.3 is 6.61 Å². The molecule has 1 N–H and O–H groups in total. The first kappa shape index (κ1) is 14.1. The second-order valence-electron chi connectivity index (χ2n) is 4.57. The van der Waals surface area contributed by atoms with Crippen molar-refractivity contribution in [3.05, 3.63) is 24.3 Å². The van der Waals surface area contributed by atoms with Crippen LogP contribution in [0.3, 0.4) is 0 Å². The predicted molar refractivity (Wildman–Crippen MR) is 75.2 cm³/mol. The molecular formula is C13H16F2N2OS. The van der Waals surface area contributed by atoms with Gasteiger partial charge in [-0.1, -0.05) is 25.6 Å². The fourth-order valence-corrected chi connectivity index (χ4v) is 2.68. The van der Waals surface area contributed by atoms with Crippen LogP contribution in [-0.4, -0.2) is 23.6 Å². The van der Waals surface area contributed by atoms with E-state index in [4.69, 9.17) is 0 Å². The van der Waals surface area contributed by atoms with E-state index >= 15 is 0 Å². The third-order valence-electron chi connectivity index (χ3n) is 2.75. The molecule has 0 fully saturated rings. The summed E-state index contributed by atoms with van der Waals surface area (Å²) in [6.45, 7) is 2.37. The van der Waals surface area contributed by atoms with Crippen LogP contribution in [0.5, 0.6) is 5.75 Å². The molecule has 0 bridgehead atoms. The standard InChI is InChI=1S/C13H16F2N2OS/c1-8(2)11-7-16-13(19-11)17-9-3-5-10(6-4-9)18-12(14)15/h3-6,8,11-12H,7H2,1-2H3,(H,16,17). The van der Waals surface area contributed by atoms with E-state index in [1.54, 1.807) is 23.9 Å². The molecule has 0 spiro atoms. The van der Waals surface area contributed by atoms with Crippen molar-refractivity contribution in [2.24, 2.45) is 10.9 Å². The number of nitrogens with one attached hydrogen (secondary N) is 1. The Morgan fingerprint density at radius 1 is 1.32 bits per heavy atom. The van der Waals surface area contributed by atoms with Gasteiger partial charge in [0.2, 0.25) is 0 Å². The molecule has 1 unspecified atom stereocenters. The van der Waals surface area contributed by atoms with Gasteiger partial charge < -0.3 is 10.1 Å². The molecule has 1 aliphatic heterocycles. The molecule has 0 radical (unpaired) electrons. The summed E-state index contributed by atoms with van der Waals surface area (Å²) in [5.41, 5.74) is 0.817. The van der Waals surface area contributed by atoms with Gasteiger partial charge in [0.15, 0.2) is 5.17 Å². The minimum absolute atomic E-state index is 0.154. The highest BCUT2D eigenvalue weighted by atomic mass is 32.2. The highest BCUT2D eigenvalue weighted by Crippen LogP contribution is 2.28. The van der Waals surface area contributed by atoms with E-state index in [1.165, 1.54) is 12.1 Å². The number of nitrogens with zero attached hydrogens (tertiary/aromatic N) is 1. The van der Waals surface area contributed by atoms with Gasteiger partial charge in [0, 0.05) is 10.9 Å². The van der Waals surface area contributed by atoms with Crippen LogP contribution in [0.2, 0.25) is 0 Å². The zero-order chi connectivity index (χ0) is 13.8. The van der Waals surface area contributed by atoms with Crippen LogP contribution in [0.4, 0.5) is 14.5 Å². The van der Waals surface area contributed by atoms with Crippen molar-refractivity contribution in [3.63, 3.8) is 0 Å². The molecule has 1 heterocycles. The zero-order valence-electron chi connectivity index (χ0n) is 10.8. The Labute approximate surface area is 115 Å². The molecule has 0 aromatic heterocycles. The van der Waals surface area contributed by atoms with Crippen LogP contribution in [-0.2, 0) is 0 Å². The van der Waals surface area contributed by atoms with E-state index in [0.29, 0.717) is 11.2 Å². The third kappa shape index (κ3) is 4.09. The SMILES string of the molecule is CC(C)C1CN=C(Nc2ccc(OC(F)F)cc2)S1. The van der Waals surface area contributed by atoms with Crippen molar-refractivity contribution >= 4 is 22.6 Å². The van der Waals surface area contributed by atoms with Gasteiger partial charge in [-0.25, -0.2) is 0 Å². The molecule has 1 atom stereocenters. The Bertz CT molecular complexity index is 448. The molecule has 3 nitrogen and oxygen atoms in total. The molecule has 0 saturated heterocycles. The molecule has 19 heavy (non-hydrogen) atoms. The number of hydrogen-bond donors (Lipinski definition) is 1. The summed E-state index contributed by atoms with van der Waals surface area (Å²) in [4.78, 5) is 4.42. The second-order valence-corrected chi connectivity index (χ2v) is 5.80. The van der Waals surface area contributed by atoms with E-state index in [9.17, 15) is 8.78 Å². The Kier molecular flexibility index (Phi) is 4.63. The molecule has 0 aliphatic carbocycles. The number of alkyl halides is 2. The van der Waals surface area contributed by atoms with Crippen molar-refractivity contribution in [3.8, 4) is 5.75 Å². The number of halogens is 2. The molecule has 0 saturated carbocycles. The fourth-order valence-electron chi connectivity index (χ4n) is 1.65. The van der Waals surface area contributed by atoms with Gasteiger partial charge in [-0.15, -0.1) is 0 Å². The maximum Gasteiger partial charge on any atom is 0.387 e. The maximum atomic E-state index is 12.0. The second kappa shape index (κ2) is 6.23. The number of hydrogen-bond acceptors (Lipinski definition) is 4. The Morgan fingerprint density at radius 2 is 2.00 bits per heavy atom. The van der Waals surface area contributed by atoms with Gasteiger partial charge in [-0.05, 0) is 30.2 Å². The number of thioether (sulfide) groups is 1. The smallest absolute Gasteiger partial charge is 0.387 e. The number of anilines is 1. The number of aliphatic imine (C=N–C) groups is 1. The van der Waals surface area contributed by atoms with Crippen molar-refractivity contribution < 1.29 is 13.5 Å². The van der Waals surface area contributed by atoms with E-state index in [-0.39, 0.29) is 5.75 Å². The minimum atomic E-state index is -2.79. The number of rotatable bonds is 4.